The van der Waals surface area contributed by atoms with Crippen molar-refractivity contribution in [2.24, 2.45) is 0 Å². The maximum atomic E-state index is 5.14. The molecule has 0 fully saturated rings. The van der Waals surface area contributed by atoms with Crippen LogP contribution < -0.4 is 5.32 Å². The van der Waals surface area contributed by atoms with E-state index in [2.05, 4.69) is 34.5 Å². The lowest BCUT2D eigenvalue weighted by atomic mass is 10.2. The van der Waals surface area contributed by atoms with Gasteiger partial charge in [-0.3, -0.25) is 0 Å². The van der Waals surface area contributed by atoms with E-state index in [0.717, 1.165) is 25.1 Å². The Hall–Kier alpha value is -1.88. The summed E-state index contributed by atoms with van der Waals surface area (Å²) in [5, 5.41) is 7.06. The fourth-order valence-electron chi connectivity index (χ4n) is 1.59. The number of nitrogens with zero attached hydrogens (tertiary/aromatic N) is 3. The number of hydrogen-bond acceptors (Lipinski definition) is 5. The molecule has 0 saturated heterocycles. The molecule has 0 aliphatic heterocycles. The Morgan fingerprint density at radius 1 is 1.22 bits per heavy atom. The third kappa shape index (κ3) is 3.56. The van der Waals surface area contributed by atoms with Gasteiger partial charge < -0.3 is 14.7 Å². The van der Waals surface area contributed by atoms with Gasteiger partial charge in [-0.1, -0.05) is 35.5 Å². The lowest BCUT2D eigenvalue weighted by Gasteiger charge is -2.08. The molecule has 2 aromatic rings. The molecule has 0 bridgehead atoms. The van der Waals surface area contributed by atoms with Crippen LogP contribution in [-0.2, 0) is 0 Å². The van der Waals surface area contributed by atoms with Crippen LogP contribution >= 0.6 is 0 Å². The maximum Gasteiger partial charge on any atom is 0.321 e. The monoisotopic (exact) mass is 246 g/mol. The van der Waals surface area contributed by atoms with Crippen molar-refractivity contribution in [1.82, 2.24) is 15.0 Å². The molecule has 96 valence electrons. The molecule has 0 radical (unpaired) electrons. The lowest BCUT2D eigenvalue weighted by Crippen LogP contribution is -2.16. The van der Waals surface area contributed by atoms with Crippen molar-refractivity contribution in [3.63, 3.8) is 0 Å². The molecule has 5 heteroatoms. The minimum Gasteiger partial charge on any atom is -0.338 e. The molecule has 0 spiro atoms. The number of rotatable bonds is 6. The van der Waals surface area contributed by atoms with Gasteiger partial charge in [0.15, 0.2) is 0 Å². The molecule has 0 atom stereocenters. The van der Waals surface area contributed by atoms with Crippen molar-refractivity contribution in [1.29, 1.82) is 0 Å². The minimum atomic E-state index is 0.479. The Labute approximate surface area is 107 Å². The fraction of sp³-hybridized carbons (Fsp3) is 0.385. The first kappa shape index (κ1) is 12.6. The second-order valence-corrected chi connectivity index (χ2v) is 4.37. The number of aromatic nitrogens is 2. The van der Waals surface area contributed by atoms with Crippen LogP contribution in [0.1, 0.15) is 6.42 Å². The lowest BCUT2D eigenvalue weighted by molar-refractivity contribution is 0.400. The molecule has 0 aliphatic rings. The van der Waals surface area contributed by atoms with Crippen molar-refractivity contribution in [2.45, 2.75) is 6.42 Å². The summed E-state index contributed by atoms with van der Waals surface area (Å²) in [7, 11) is 4.11. The average Bonchev–Trinajstić information content (AvgIpc) is 2.84. The van der Waals surface area contributed by atoms with Gasteiger partial charge in [0.1, 0.15) is 0 Å². The Morgan fingerprint density at radius 2 is 2.00 bits per heavy atom. The molecule has 0 saturated carbocycles. The van der Waals surface area contributed by atoms with Gasteiger partial charge in [0, 0.05) is 12.1 Å². The van der Waals surface area contributed by atoms with Crippen molar-refractivity contribution >= 4 is 6.01 Å². The molecule has 2 rings (SSSR count). The predicted octanol–water partition coefficient (Wildman–Crippen LogP) is 2.10. The molecule has 1 N–H and O–H groups in total. The predicted molar refractivity (Wildman–Crippen MR) is 71.4 cm³/mol. The Bertz CT molecular complexity index is 467. The Kier molecular flexibility index (Phi) is 4.30. The Balaban J connectivity index is 1.87. The highest BCUT2D eigenvalue weighted by molar-refractivity contribution is 5.54. The third-order valence-corrected chi connectivity index (χ3v) is 2.52. The highest BCUT2D eigenvalue weighted by Gasteiger charge is 2.06. The summed E-state index contributed by atoms with van der Waals surface area (Å²) in [6.07, 6.45) is 1.04. The highest BCUT2D eigenvalue weighted by Crippen LogP contribution is 2.16. The molecule has 0 amide bonds. The number of benzene rings is 1. The van der Waals surface area contributed by atoms with Crippen LogP contribution in [0, 0.1) is 0 Å². The molecule has 5 nitrogen and oxygen atoms in total. The van der Waals surface area contributed by atoms with Crippen molar-refractivity contribution in [3.05, 3.63) is 30.3 Å². The molecule has 1 aromatic heterocycles. The van der Waals surface area contributed by atoms with E-state index in [-0.39, 0.29) is 0 Å². The number of nitrogens with one attached hydrogen (secondary N) is 1. The van der Waals surface area contributed by atoms with E-state index < -0.39 is 0 Å². The van der Waals surface area contributed by atoms with Crippen LogP contribution in [0.5, 0.6) is 0 Å². The molecule has 18 heavy (non-hydrogen) atoms. The maximum absolute atomic E-state index is 5.14. The van der Waals surface area contributed by atoms with Crippen molar-refractivity contribution in [2.75, 3.05) is 32.5 Å². The number of hydrogen-bond donors (Lipinski definition) is 1. The van der Waals surface area contributed by atoms with E-state index >= 15 is 0 Å². The van der Waals surface area contributed by atoms with Crippen LogP contribution in [0.25, 0.3) is 11.4 Å². The van der Waals surface area contributed by atoms with Gasteiger partial charge in [0.05, 0.1) is 0 Å². The molecule has 1 aromatic carbocycles. The van der Waals surface area contributed by atoms with Crippen LogP contribution in [0.15, 0.2) is 34.9 Å². The summed E-state index contributed by atoms with van der Waals surface area (Å²) in [5.41, 5.74) is 0.961. The molecule has 1 heterocycles. The topological polar surface area (TPSA) is 54.2 Å². The number of anilines is 1. The van der Waals surface area contributed by atoms with E-state index in [4.69, 9.17) is 4.52 Å². The quantitative estimate of drug-likeness (QED) is 0.791. The van der Waals surface area contributed by atoms with Gasteiger partial charge >= 0.3 is 6.01 Å². The van der Waals surface area contributed by atoms with E-state index in [9.17, 15) is 0 Å². The summed E-state index contributed by atoms with van der Waals surface area (Å²) >= 11 is 0. The molecule has 0 aliphatic carbocycles. The Morgan fingerprint density at radius 3 is 2.72 bits per heavy atom. The van der Waals surface area contributed by atoms with E-state index in [1.165, 1.54) is 0 Å². The molecular weight excluding hydrogens is 228 g/mol. The first-order chi connectivity index (χ1) is 8.75. The molecule has 0 unspecified atom stereocenters. The zero-order valence-electron chi connectivity index (χ0n) is 10.8. The smallest absolute Gasteiger partial charge is 0.321 e. The second kappa shape index (κ2) is 6.16. The average molecular weight is 246 g/mol. The first-order valence-electron chi connectivity index (χ1n) is 6.03. The third-order valence-electron chi connectivity index (χ3n) is 2.52. The van der Waals surface area contributed by atoms with Gasteiger partial charge in [-0.25, -0.2) is 0 Å². The van der Waals surface area contributed by atoms with Gasteiger partial charge in [0.25, 0.3) is 0 Å². The molecular formula is C13H18N4O. The SMILES string of the molecule is CN(C)CCCNc1nc(-c2ccccc2)no1. The van der Waals surface area contributed by atoms with Crippen LogP contribution in [-0.4, -0.2) is 42.2 Å². The summed E-state index contributed by atoms with van der Waals surface area (Å²) in [6.45, 7) is 1.86. The van der Waals surface area contributed by atoms with E-state index in [1.54, 1.807) is 0 Å². The second-order valence-electron chi connectivity index (χ2n) is 4.37. The largest absolute Gasteiger partial charge is 0.338 e. The zero-order chi connectivity index (χ0) is 12.8. The van der Waals surface area contributed by atoms with Crippen LogP contribution in [0.2, 0.25) is 0 Å². The van der Waals surface area contributed by atoms with Crippen molar-refractivity contribution in [3.8, 4) is 11.4 Å². The van der Waals surface area contributed by atoms with Gasteiger partial charge in [-0.05, 0) is 27.1 Å². The van der Waals surface area contributed by atoms with Gasteiger partial charge in [-0.15, -0.1) is 0 Å². The van der Waals surface area contributed by atoms with Crippen LogP contribution in [0.4, 0.5) is 6.01 Å². The van der Waals surface area contributed by atoms with E-state index in [0.29, 0.717) is 11.8 Å². The summed E-state index contributed by atoms with van der Waals surface area (Å²) in [6, 6.07) is 10.3. The van der Waals surface area contributed by atoms with E-state index in [1.807, 2.05) is 30.3 Å². The fourth-order valence-corrected chi connectivity index (χ4v) is 1.59. The first-order valence-corrected chi connectivity index (χ1v) is 6.03. The normalized spacial score (nSPS) is 10.8. The zero-order valence-corrected chi connectivity index (χ0v) is 10.8. The van der Waals surface area contributed by atoms with Gasteiger partial charge in [-0.2, -0.15) is 4.98 Å². The van der Waals surface area contributed by atoms with Gasteiger partial charge in [0.2, 0.25) is 5.82 Å². The minimum absolute atomic E-state index is 0.479. The summed E-state index contributed by atoms with van der Waals surface area (Å²) in [5.74, 6) is 0.616. The van der Waals surface area contributed by atoms with Crippen molar-refractivity contribution < 1.29 is 4.52 Å². The highest BCUT2D eigenvalue weighted by atomic mass is 16.5. The summed E-state index contributed by atoms with van der Waals surface area (Å²) < 4.78 is 5.14. The van der Waals surface area contributed by atoms with Crippen LogP contribution in [0.3, 0.4) is 0 Å². The summed E-state index contributed by atoms with van der Waals surface area (Å²) in [4.78, 5) is 6.44. The standard InChI is InChI=1S/C13H18N4O/c1-17(2)10-6-9-14-13-15-12(16-18-13)11-7-4-3-5-8-11/h3-5,7-8H,6,9-10H2,1-2H3,(H,14,15,16).